The van der Waals surface area contributed by atoms with Crippen LogP contribution in [-0.2, 0) is 0 Å². The fourth-order valence-corrected chi connectivity index (χ4v) is 4.17. The Hall–Kier alpha value is -5.44. The second kappa shape index (κ2) is 10.0. The number of ether oxygens (including phenoxy) is 1. The summed E-state index contributed by atoms with van der Waals surface area (Å²) in [6.45, 7) is 0. The van der Waals surface area contributed by atoms with Crippen molar-refractivity contribution in [2.45, 2.75) is 0 Å². The van der Waals surface area contributed by atoms with E-state index in [0.717, 1.165) is 0 Å². The first-order chi connectivity index (χ1) is 17.7. The molecule has 0 heterocycles. The van der Waals surface area contributed by atoms with Gasteiger partial charge in [0.15, 0.2) is 0 Å². The summed E-state index contributed by atoms with van der Waals surface area (Å²) in [5.74, 6) is -4.12. The molecule has 0 saturated heterocycles. The molecule has 0 aliphatic carbocycles. The molecule has 0 aliphatic heterocycles. The van der Waals surface area contributed by atoms with Crippen LogP contribution in [0.25, 0.3) is 22.3 Å². The van der Waals surface area contributed by atoms with Gasteiger partial charge < -0.3 is 27.7 Å². The second-order valence-electron chi connectivity index (χ2n) is 8.01. The topological polar surface area (TPSA) is 182 Å². The molecule has 9 heteroatoms. The van der Waals surface area contributed by atoms with Gasteiger partial charge in [-0.2, -0.15) is 0 Å². The van der Waals surface area contributed by atoms with E-state index in [1.807, 2.05) is 0 Å². The molecule has 0 aromatic heterocycles. The first-order valence-electron chi connectivity index (χ1n) is 11.0. The summed E-state index contributed by atoms with van der Waals surface area (Å²) in [5, 5.41) is 0. The van der Waals surface area contributed by atoms with Gasteiger partial charge in [-0.3, -0.25) is 19.2 Å². The third-order valence-electron chi connectivity index (χ3n) is 5.71. The number of benzene rings is 4. The number of rotatable bonds is 8. The van der Waals surface area contributed by atoms with E-state index in [9.17, 15) is 19.2 Å². The zero-order valence-corrected chi connectivity index (χ0v) is 19.4. The third-order valence-corrected chi connectivity index (χ3v) is 5.71. The molecule has 0 aliphatic rings. The molecule has 4 aromatic carbocycles. The van der Waals surface area contributed by atoms with Crippen molar-refractivity contribution in [1.29, 1.82) is 0 Å². The van der Waals surface area contributed by atoms with Gasteiger partial charge in [0, 0.05) is 0 Å². The van der Waals surface area contributed by atoms with Crippen molar-refractivity contribution in [1.82, 2.24) is 0 Å². The quantitative estimate of drug-likeness (QED) is 0.293. The zero-order chi connectivity index (χ0) is 26.7. The van der Waals surface area contributed by atoms with Crippen molar-refractivity contribution < 1.29 is 23.9 Å². The Morgan fingerprint density at radius 2 is 0.757 bits per heavy atom. The van der Waals surface area contributed by atoms with Gasteiger partial charge in [-0.25, -0.2) is 0 Å². The highest BCUT2D eigenvalue weighted by molar-refractivity contribution is 6.13. The van der Waals surface area contributed by atoms with Crippen molar-refractivity contribution in [3.8, 4) is 33.8 Å². The summed E-state index contributed by atoms with van der Waals surface area (Å²) in [6, 6.07) is 23.5. The zero-order valence-electron chi connectivity index (χ0n) is 19.4. The van der Waals surface area contributed by atoms with Crippen molar-refractivity contribution in [3.05, 3.63) is 107 Å². The lowest BCUT2D eigenvalue weighted by molar-refractivity contribution is 0.0962. The molecule has 0 fully saturated rings. The Labute approximate surface area is 211 Å². The third kappa shape index (κ3) is 4.73. The molecule has 37 heavy (non-hydrogen) atoms. The molecule has 184 valence electrons. The number of carbonyl (C=O) groups is 4. The van der Waals surface area contributed by atoms with Crippen LogP contribution in [0.1, 0.15) is 41.4 Å². The fraction of sp³-hybridized carbons (Fsp3) is 0. The van der Waals surface area contributed by atoms with Crippen molar-refractivity contribution >= 4 is 23.6 Å². The van der Waals surface area contributed by atoms with Crippen molar-refractivity contribution in [2.24, 2.45) is 22.9 Å². The monoisotopic (exact) mass is 494 g/mol. The summed E-state index contributed by atoms with van der Waals surface area (Å²) < 4.78 is 5.91. The van der Waals surface area contributed by atoms with Crippen LogP contribution in [0, 0.1) is 0 Å². The predicted molar refractivity (Wildman–Crippen MR) is 138 cm³/mol. The van der Waals surface area contributed by atoms with E-state index < -0.39 is 23.6 Å². The fourth-order valence-electron chi connectivity index (χ4n) is 4.17. The Kier molecular flexibility index (Phi) is 6.70. The maximum absolute atomic E-state index is 12.5. The smallest absolute Gasteiger partial charge is 0.253 e. The number of hydrogen-bond acceptors (Lipinski definition) is 5. The van der Waals surface area contributed by atoms with Gasteiger partial charge in [0.1, 0.15) is 11.5 Å². The molecular weight excluding hydrogens is 472 g/mol. The lowest BCUT2D eigenvalue weighted by Gasteiger charge is -2.19. The lowest BCUT2D eigenvalue weighted by Crippen LogP contribution is -2.24. The van der Waals surface area contributed by atoms with Crippen LogP contribution < -0.4 is 27.7 Å². The van der Waals surface area contributed by atoms with Crippen LogP contribution in [0.3, 0.4) is 0 Å². The first-order valence-corrected chi connectivity index (χ1v) is 11.0. The number of nitrogens with two attached hydrogens (primary N) is 4. The van der Waals surface area contributed by atoms with Gasteiger partial charge >= 0.3 is 0 Å². The highest BCUT2D eigenvalue weighted by Crippen LogP contribution is 2.38. The summed E-state index contributed by atoms with van der Waals surface area (Å²) in [4.78, 5) is 50.0. The molecule has 0 atom stereocenters. The highest BCUT2D eigenvalue weighted by Gasteiger charge is 2.27. The first kappa shape index (κ1) is 24.7. The molecule has 0 spiro atoms. The number of hydrogen-bond donors (Lipinski definition) is 4. The summed E-state index contributed by atoms with van der Waals surface area (Å²) in [5.41, 5.74) is 23.6. The van der Waals surface area contributed by atoms with E-state index in [1.165, 1.54) is 24.3 Å². The van der Waals surface area contributed by atoms with Crippen LogP contribution in [-0.4, -0.2) is 23.6 Å². The number of carbonyl (C=O) groups excluding carboxylic acids is 4. The van der Waals surface area contributed by atoms with E-state index >= 15 is 0 Å². The highest BCUT2D eigenvalue weighted by atomic mass is 16.5. The van der Waals surface area contributed by atoms with Gasteiger partial charge in [-0.1, -0.05) is 60.7 Å². The summed E-state index contributed by atoms with van der Waals surface area (Å²) >= 11 is 0. The average Bonchev–Trinajstić information content (AvgIpc) is 2.88. The molecule has 0 unspecified atom stereocenters. The molecule has 0 radical (unpaired) electrons. The minimum absolute atomic E-state index is 0.159. The maximum atomic E-state index is 12.5. The van der Waals surface area contributed by atoms with E-state index in [4.69, 9.17) is 27.7 Å². The van der Waals surface area contributed by atoms with Crippen LogP contribution in [0.5, 0.6) is 11.5 Å². The van der Waals surface area contributed by atoms with E-state index in [2.05, 4.69) is 0 Å². The molecule has 4 rings (SSSR count). The maximum Gasteiger partial charge on any atom is 0.253 e. The molecule has 4 amide bonds. The minimum atomic E-state index is -0.988. The van der Waals surface area contributed by atoms with Gasteiger partial charge in [-0.15, -0.1) is 0 Å². The number of amides is 4. The Morgan fingerprint density at radius 1 is 0.432 bits per heavy atom. The average molecular weight is 495 g/mol. The Bertz CT molecular complexity index is 1430. The number of primary amides is 4. The van der Waals surface area contributed by atoms with E-state index in [1.54, 1.807) is 60.7 Å². The van der Waals surface area contributed by atoms with E-state index in [0.29, 0.717) is 22.3 Å². The minimum Gasteiger partial charge on any atom is -0.456 e. The Morgan fingerprint density at radius 3 is 1.05 bits per heavy atom. The molecule has 0 saturated carbocycles. The normalized spacial score (nSPS) is 10.5. The van der Waals surface area contributed by atoms with E-state index in [-0.39, 0.29) is 33.8 Å². The molecule has 4 aromatic rings. The van der Waals surface area contributed by atoms with Gasteiger partial charge in [0.25, 0.3) is 11.8 Å². The molecule has 8 N–H and O–H groups in total. The van der Waals surface area contributed by atoms with Crippen LogP contribution in [0.15, 0.2) is 84.9 Å². The Balaban J connectivity index is 1.94. The largest absolute Gasteiger partial charge is 0.456 e. The molecule has 9 nitrogen and oxygen atoms in total. The van der Waals surface area contributed by atoms with Crippen molar-refractivity contribution in [3.63, 3.8) is 0 Å². The second-order valence-corrected chi connectivity index (χ2v) is 8.01. The van der Waals surface area contributed by atoms with Crippen LogP contribution in [0.2, 0.25) is 0 Å². The molecular formula is C28H22N4O5. The van der Waals surface area contributed by atoms with Gasteiger partial charge in [0.2, 0.25) is 11.8 Å². The summed E-state index contributed by atoms with van der Waals surface area (Å²) in [6.07, 6.45) is 0. The predicted octanol–water partition coefficient (Wildman–Crippen LogP) is 3.21. The SMILES string of the molecule is NC(=O)c1c(Oc2ccc(-c3ccccc3)c(C(N)=O)c2C(N)=O)ccc(-c2ccccc2)c1C(N)=O. The molecule has 0 bridgehead atoms. The van der Waals surface area contributed by atoms with Gasteiger partial charge in [-0.05, 0) is 46.5 Å². The van der Waals surface area contributed by atoms with Crippen LogP contribution in [0.4, 0.5) is 0 Å². The standard InChI is InChI=1S/C28H22N4O5/c29-25(33)21-17(15-7-3-1-4-8-15)11-13-19(23(21)27(31)35)37-20-14-12-18(16-9-5-2-6-10-16)22(26(30)34)24(20)28(32)36/h1-14H,(H2,29,33)(H2,30,34)(H2,31,35)(H2,32,36). The summed E-state index contributed by atoms with van der Waals surface area (Å²) in [7, 11) is 0. The lowest BCUT2D eigenvalue weighted by atomic mass is 9.93. The van der Waals surface area contributed by atoms with Gasteiger partial charge in [0.05, 0.1) is 22.3 Å². The van der Waals surface area contributed by atoms with Crippen molar-refractivity contribution in [2.75, 3.05) is 0 Å². The van der Waals surface area contributed by atoms with Crippen LogP contribution >= 0.6 is 0 Å².